The SMILES string of the molecule is C=CCn1c(Cc2ccccc2)nnc1SCc1cccc(OC(C)C)c1. The van der Waals surface area contributed by atoms with Crippen molar-refractivity contribution in [2.24, 2.45) is 0 Å². The van der Waals surface area contributed by atoms with Crippen molar-refractivity contribution in [3.05, 3.63) is 84.2 Å². The summed E-state index contributed by atoms with van der Waals surface area (Å²) in [6.45, 7) is 8.65. The highest BCUT2D eigenvalue weighted by atomic mass is 32.2. The lowest BCUT2D eigenvalue weighted by Gasteiger charge is -2.11. The summed E-state index contributed by atoms with van der Waals surface area (Å²) in [7, 11) is 0. The predicted molar refractivity (Wildman–Crippen MR) is 111 cm³/mol. The van der Waals surface area contributed by atoms with E-state index in [0.717, 1.165) is 28.9 Å². The Morgan fingerprint density at radius 2 is 1.85 bits per heavy atom. The molecule has 0 atom stereocenters. The van der Waals surface area contributed by atoms with Crippen molar-refractivity contribution in [2.75, 3.05) is 0 Å². The second-order valence-electron chi connectivity index (χ2n) is 6.56. The van der Waals surface area contributed by atoms with Gasteiger partial charge in [-0.2, -0.15) is 0 Å². The van der Waals surface area contributed by atoms with Crippen LogP contribution in [0.3, 0.4) is 0 Å². The van der Waals surface area contributed by atoms with Crippen LogP contribution in [0.2, 0.25) is 0 Å². The molecule has 140 valence electrons. The van der Waals surface area contributed by atoms with Crippen molar-refractivity contribution in [3.63, 3.8) is 0 Å². The van der Waals surface area contributed by atoms with Crippen LogP contribution in [-0.4, -0.2) is 20.9 Å². The fourth-order valence-electron chi connectivity index (χ4n) is 2.78. The van der Waals surface area contributed by atoms with Crippen molar-refractivity contribution in [3.8, 4) is 5.75 Å². The predicted octanol–water partition coefficient (Wildman–Crippen LogP) is 5.13. The highest BCUT2D eigenvalue weighted by Gasteiger charge is 2.12. The second-order valence-corrected chi connectivity index (χ2v) is 7.51. The molecule has 27 heavy (non-hydrogen) atoms. The number of hydrogen-bond acceptors (Lipinski definition) is 4. The molecular weight excluding hydrogens is 354 g/mol. The first kappa shape index (κ1) is 19.2. The van der Waals surface area contributed by atoms with E-state index in [2.05, 4.69) is 45.6 Å². The topological polar surface area (TPSA) is 39.9 Å². The minimum atomic E-state index is 0.170. The van der Waals surface area contributed by atoms with Gasteiger partial charge in [0.2, 0.25) is 0 Å². The summed E-state index contributed by atoms with van der Waals surface area (Å²) in [6.07, 6.45) is 2.82. The van der Waals surface area contributed by atoms with Crippen LogP contribution in [0.1, 0.15) is 30.8 Å². The smallest absolute Gasteiger partial charge is 0.191 e. The molecule has 0 bridgehead atoms. The quantitative estimate of drug-likeness (QED) is 0.381. The number of aromatic nitrogens is 3. The first-order valence-electron chi connectivity index (χ1n) is 9.11. The van der Waals surface area contributed by atoms with Crippen LogP contribution in [0.25, 0.3) is 0 Å². The van der Waals surface area contributed by atoms with E-state index in [1.165, 1.54) is 11.1 Å². The average Bonchev–Trinajstić information content (AvgIpc) is 3.03. The van der Waals surface area contributed by atoms with Crippen LogP contribution >= 0.6 is 11.8 Å². The molecule has 0 N–H and O–H groups in total. The minimum Gasteiger partial charge on any atom is -0.491 e. The Morgan fingerprint density at radius 1 is 1.07 bits per heavy atom. The molecule has 1 aromatic heterocycles. The van der Waals surface area contributed by atoms with Crippen molar-refractivity contribution >= 4 is 11.8 Å². The van der Waals surface area contributed by atoms with Crippen LogP contribution in [0.5, 0.6) is 5.75 Å². The van der Waals surface area contributed by atoms with Crippen molar-refractivity contribution < 1.29 is 4.74 Å². The Hall–Kier alpha value is -2.53. The van der Waals surface area contributed by atoms with E-state index in [0.29, 0.717) is 6.54 Å². The van der Waals surface area contributed by atoms with Gasteiger partial charge in [0.15, 0.2) is 5.16 Å². The zero-order valence-electron chi connectivity index (χ0n) is 15.8. The number of allylic oxidation sites excluding steroid dienone is 1. The molecule has 0 amide bonds. The van der Waals surface area contributed by atoms with Gasteiger partial charge >= 0.3 is 0 Å². The number of ether oxygens (including phenoxy) is 1. The van der Waals surface area contributed by atoms with Gasteiger partial charge < -0.3 is 9.30 Å². The van der Waals surface area contributed by atoms with Crippen molar-refractivity contribution in [1.82, 2.24) is 14.8 Å². The normalized spacial score (nSPS) is 10.9. The van der Waals surface area contributed by atoms with Crippen LogP contribution in [0.4, 0.5) is 0 Å². The molecule has 0 unspecified atom stereocenters. The molecule has 1 heterocycles. The Kier molecular flexibility index (Phi) is 6.71. The molecule has 0 spiro atoms. The summed E-state index contributed by atoms with van der Waals surface area (Å²) >= 11 is 1.69. The lowest BCUT2D eigenvalue weighted by molar-refractivity contribution is 0.242. The van der Waals surface area contributed by atoms with Gasteiger partial charge in [0.1, 0.15) is 11.6 Å². The molecule has 0 saturated heterocycles. The summed E-state index contributed by atoms with van der Waals surface area (Å²) in [5, 5.41) is 9.75. The lowest BCUT2D eigenvalue weighted by atomic mass is 10.1. The standard InChI is InChI=1S/C22H25N3OS/c1-4-13-25-21(15-18-9-6-5-7-10-18)23-24-22(25)27-16-19-11-8-12-20(14-19)26-17(2)3/h4-12,14,17H,1,13,15-16H2,2-3H3. The van der Waals surface area contributed by atoms with Gasteiger partial charge in [-0.3, -0.25) is 0 Å². The van der Waals surface area contributed by atoms with Crippen LogP contribution in [0, 0.1) is 0 Å². The van der Waals surface area contributed by atoms with Gasteiger partial charge in [0.05, 0.1) is 6.10 Å². The fraction of sp³-hybridized carbons (Fsp3) is 0.273. The van der Waals surface area contributed by atoms with Gasteiger partial charge in [-0.15, -0.1) is 16.8 Å². The first-order chi connectivity index (χ1) is 13.2. The summed E-state index contributed by atoms with van der Waals surface area (Å²) in [5.41, 5.74) is 2.43. The minimum absolute atomic E-state index is 0.170. The van der Waals surface area contributed by atoms with Crippen molar-refractivity contribution in [2.45, 2.75) is 43.8 Å². The summed E-state index contributed by atoms with van der Waals surface area (Å²) in [6, 6.07) is 18.6. The highest BCUT2D eigenvalue weighted by Crippen LogP contribution is 2.25. The zero-order valence-corrected chi connectivity index (χ0v) is 16.7. The Morgan fingerprint density at radius 3 is 2.59 bits per heavy atom. The maximum Gasteiger partial charge on any atom is 0.191 e. The van der Waals surface area contributed by atoms with Crippen LogP contribution < -0.4 is 4.74 Å². The summed E-state index contributed by atoms with van der Waals surface area (Å²) in [5.74, 6) is 2.68. The molecule has 3 rings (SSSR count). The van der Waals surface area contributed by atoms with E-state index in [-0.39, 0.29) is 6.10 Å². The fourth-order valence-corrected chi connectivity index (χ4v) is 3.69. The van der Waals surface area contributed by atoms with Crippen molar-refractivity contribution in [1.29, 1.82) is 0 Å². The third-order valence-corrected chi connectivity index (χ3v) is 4.99. The highest BCUT2D eigenvalue weighted by molar-refractivity contribution is 7.98. The molecule has 0 aliphatic carbocycles. The van der Waals surface area contributed by atoms with Gasteiger partial charge in [0, 0.05) is 18.7 Å². The molecule has 4 nitrogen and oxygen atoms in total. The van der Waals surface area contributed by atoms with Gasteiger partial charge in [0.25, 0.3) is 0 Å². The van der Waals surface area contributed by atoms with E-state index in [4.69, 9.17) is 4.74 Å². The zero-order chi connectivity index (χ0) is 19.1. The summed E-state index contributed by atoms with van der Waals surface area (Å²) in [4.78, 5) is 0. The Labute approximate surface area is 165 Å². The largest absolute Gasteiger partial charge is 0.491 e. The third kappa shape index (κ3) is 5.47. The monoisotopic (exact) mass is 379 g/mol. The number of benzene rings is 2. The van der Waals surface area contributed by atoms with Gasteiger partial charge in [-0.25, -0.2) is 0 Å². The van der Waals surface area contributed by atoms with E-state index in [1.807, 2.05) is 50.3 Å². The number of thioether (sulfide) groups is 1. The molecule has 0 fully saturated rings. The van der Waals surface area contributed by atoms with Gasteiger partial charge in [-0.1, -0.05) is 60.3 Å². The Balaban J connectivity index is 1.72. The molecule has 0 radical (unpaired) electrons. The average molecular weight is 380 g/mol. The van der Waals surface area contributed by atoms with Crippen LogP contribution in [-0.2, 0) is 18.7 Å². The molecule has 2 aromatic carbocycles. The second kappa shape index (κ2) is 9.42. The maximum absolute atomic E-state index is 5.78. The number of rotatable bonds is 9. The molecule has 0 aliphatic heterocycles. The first-order valence-corrected chi connectivity index (χ1v) is 10.1. The number of hydrogen-bond donors (Lipinski definition) is 0. The molecule has 5 heteroatoms. The lowest BCUT2D eigenvalue weighted by Crippen LogP contribution is -2.05. The Bertz CT molecular complexity index is 874. The van der Waals surface area contributed by atoms with E-state index in [9.17, 15) is 0 Å². The number of nitrogens with zero attached hydrogens (tertiary/aromatic N) is 3. The third-order valence-electron chi connectivity index (χ3n) is 3.95. The molecule has 0 aliphatic rings. The van der Waals surface area contributed by atoms with E-state index < -0.39 is 0 Å². The molecule has 3 aromatic rings. The van der Waals surface area contributed by atoms with Crippen LogP contribution in [0.15, 0.2) is 72.4 Å². The van der Waals surface area contributed by atoms with E-state index in [1.54, 1.807) is 11.8 Å². The molecule has 0 saturated carbocycles. The van der Waals surface area contributed by atoms with Gasteiger partial charge in [-0.05, 0) is 37.1 Å². The summed E-state index contributed by atoms with van der Waals surface area (Å²) < 4.78 is 7.92. The maximum atomic E-state index is 5.78. The molecular formula is C22H25N3OS. The van der Waals surface area contributed by atoms with E-state index >= 15 is 0 Å².